The number of ether oxygens (including phenoxy) is 2. The molecule has 16 nitrogen and oxygen atoms in total. The van der Waals surface area contributed by atoms with Gasteiger partial charge in [-0.25, -0.2) is 18.5 Å². The molecule has 0 atom stereocenters. The number of carbonyl (C=O) groups excluding carboxylic acids is 1. The van der Waals surface area contributed by atoms with Gasteiger partial charge in [0.05, 0.1) is 62.8 Å². The second-order valence-corrected chi connectivity index (χ2v) is 10.8. The number of rotatable bonds is 19. The van der Waals surface area contributed by atoms with Crippen LogP contribution < -0.4 is 10.5 Å². The predicted octanol–water partition coefficient (Wildman–Crippen LogP) is -1.23. The molecule has 0 radical (unpaired) electrons. The van der Waals surface area contributed by atoms with Crippen LogP contribution in [0.3, 0.4) is 0 Å². The van der Waals surface area contributed by atoms with E-state index in [1.54, 1.807) is 0 Å². The molecule has 18 heteroatoms. The van der Waals surface area contributed by atoms with E-state index in [-0.39, 0.29) is 50.4 Å². The number of carbonyl (C=O) groups is 4. The van der Waals surface area contributed by atoms with Gasteiger partial charge in [-0.3, -0.25) is 29.0 Å². The number of primary sulfonamides is 1. The van der Waals surface area contributed by atoms with Crippen molar-refractivity contribution in [1.82, 2.24) is 14.8 Å². The average Bonchev–Trinajstić information content (AvgIpc) is 3.23. The van der Waals surface area contributed by atoms with Gasteiger partial charge in [0.2, 0.25) is 10.2 Å². The van der Waals surface area contributed by atoms with E-state index in [1.807, 2.05) is 0 Å². The summed E-state index contributed by atoms with van der Waals surface area (Å²) in [4.78, 5) is 51.7. The van der Waals surface area contributed by atoms with Gasteiger partial charge in [-0.2, -0.15) is 0 Å². The summed E-state index contributed by atoms with van der Waals surface area (Å²) in [6.45, 7) is -0.846. The van der Waals surface area contributed by atoms with E-state index in [1.165, 1.54) is 28.0 Å². The molecule has 0 aliphatic carbocycles. The molecule has 1 aromatic heterocycles. The van der Waals surface area contributed by atoms with E-state index in [0.717, 1.165) is 11.3 Å². The maximum absolute atomic E-state index is 12.5. The van der Waals surface area contributed by atoms with Crippen LogP contribution in [0.2, 0.25) is 0 Å². The van der Waals surface area contributed by atoms with Crippen molar-refractivity contribution in [2.75, 3.05) is 71.0 Å². The highest BCUT2D eigenvalue weighted by Crippen LogP contribution is 2.27. The molecule has 0 fully saturated rings. The van der Waals surface area contributed by atoms with Crippen LogP contribution in [-0.4, -0.2) is 128 Å². The maximum Gasteiger partial charge on any atom is 0.317 e. The molecule has 1 heterocycles. The lowest BCUT2D eigenvalue weighted by molar-refractivity contribution is -0.142. The summed E-state index contributed by atoms with van der Waals surface area (Å²) in [6.07, 6.45) is 0. The van der Waals surface area contributed by atoms with Crippen molar-refractivity contribution in [3.63, 3.8) is 0 Å². The minimum absolute atomic E-state index is 0.0892. The molecule has 39 heavy (non-hydrogen) atoms. The van der Waals surface area contributed by atoms with E-state index in [9.17, 15) is 27.6 Å². The van der Waals surface area contributed by atoms with Crippen LogP contribution in [0.15, 0.2) is 22.5 Å². The predicted molar refractivity (Wildman–Crippen MR) is 137 cm³/mol. The topological polar surface area (TPSA) is 239 Å². The molecule has 0 saturated carbocycles. The van der Waals surface area contributed by atoms with Crippen molar-refractivity contribution >= 4 is 61.1 Å². The number of thiazole rings is 1. The minimum atomic E-state index is -3.96. The first-order valence-corrected chi connectivity index (χ1v) is 13.7. The van der Waals surface area contributed by atoms with Gasteiger partial charge in [0, 0.05) is 18.8 Å². The highest BCUT2D eigenvalue weighted by atomic mass is 32.2. The second kappa shape index (κ2) is 15.4. The third-order valence-electron chi connectivity index (χ3n) is 4.82. The fourth-order valence-corrected chi connectivity index (χ4v) is 4.91. The van der Waals surface area contributed by atoms with Gasteiger partial charge in [-0.05, 0) is 18.2 Å². The number of sulfonamides is 1. The summed E-state index contributed by atoms with van der Waals surface area (Å²) >= 11 is 0.854. The second-order valence-electron chi connectivity index (χ2n) is 8.08. The molecule has 6 N–H and O–H groups in total. The molecule has 2 rings (SSSR count). The molecule has 0 aliphatic rings. The van der Waals surface area contributed by atoms with Gasteiger partial charge in [-0.15, -0.1) is 11.3 Å². The molecule has 0 saturated heterocycles. The molecule has 216 valence electrons. The zero-order valence-corrected chi connectivity index (χ0v) is 22.3. The number of hydrogen-bond acceptors (Lipinski definition) is 12. The molecule has 0 unspecified atom stereocenters. The Bertz CT molecular complexity index is 1250. The van der Waals surface area contributed by atoms with Crippen LogP contribution in [0.4, 0.5) is 5.69 Å². The van der Waals surface area contributed by atoms with Gasteiger partial charge >= 0.3 is 17.9 Å². The maximum atomic E-state index is 12.5. The van der Waals surface area contributed by atoms with Crippen molar-refractivity contribution in [2.45, 2.75) is 4.34 Å². The van der Waals surface area contributed by atoms with Crippen molar-refractivity contribution in [1.29, 1.82) is 0 Å². The van der Waals surface area contributed by atoms with Crippen LogP contribution in [-0.2, 0) is 38.7 Å². The molecule has 1 aromatic carbocycles. The summed E-state index contributed by atoms with van der Waals surface area (Å²) in [6, 6.07) is 4.59. The minimum Gasteiger partial charge on any atom is -0.480 e. The standard InChI is InChI=1S/C21H29N5O11S2/c22-39(34,35)21-24-15-2-1-14(9-16(15)38-21)23-17(27)10-25(11-18(28)29)3-5-36-7-8-37-6-4-26(12-19(30)31)13-20(32)33/h1-2,9H,3-8,10-13H2,(H,23,27)(H,28,29)(H,30,31)(H,32,33)(H2,22,34,35). The summed E-state index contributed by atoms with van der Waals surface area (Å²) in [5.41, 5.74) is 0.763. The lowest BCUT2D eigenvalue weighted by Gasteiger charge is -2.20. The van der Waals surface area contributed by atoms with Crippen LogP contribution in [0.5, 0.6) is 0 Å². The summed E-state index contributed by atoms with van der Waals surface area (Å²) < 4.78 is 33.9. The number of nitrogens with two attached hydrogens (primary N) is 1. The van der Waals surface area contributed by atoms with E-state index < -0.39 is 53.5 Å². The zero-order chi connectivity index (χ0) is 29.0. The normalized spacial score (nSPS) is 11.8. The smallest absolute Gasteiger partial charge is 0.317 e. The average molecular weight is 592 g/mol. The third-order valence-corrected chi connectivity index (χ3v) is 7.15. The molecular formula is C21H29N5O11S2. The zero-order valence-electron chi connectivity index (χ0n) is 20.6. The van der Waals surface area contributed by atoms with E-state index in [2.05, 4.69) is 10.3 Å². The molecule has 2 aromatic rings. The summed E-state index contributed by atoms with van der Waals surface area (Å²) in [5.74, 6) is -3.94. The Hall–Kier alpha value is -3.26. The SMILES string of the molecule is NS(=O)(=O)c1nc2ccc(NC(=O)CN(CCOCCOCCN(CC(=O)O)CC(=O)O)CC(=O)O)cc2s1. The molecule has 0 spiro atoms. The molecule has 1 amide bonds. The fraction of sp³-hybridized carbons (Fsp3) is 0.476. The number of benzene rings is 1. The van der Waals surface area contributed by atoms with Gasteiger partial charge in [0.25, 0.3) is 10.0 Å². The Balaban J connectivity index is 1.75. The molecular weight excluding hydrogens is 562 g/mol. The number of amides is 1. The fourth-order valence-electron chi connectivity index (χ4n) is 3.22. The Morgan fingerprint density at radius 2 is 1.38 bits per heavy atom. The number of nitrogens with zero attached hydrogens (tertiary/aromatic N) is 3. The monoisotopic (exact) mass is 591 g/mol. The first-order chi connectivity index (χ1) is 18.3. The van der Waals surface area contributed by atoms with Crippen molar-refractivity contribution in [2.24, 2.45) is 5.14 Å². The first-order valence-electron chi connectivity index (χ1n) is 11.3. The summed E-state index contributed by atoms with van der Waals surface area (Å²) in [7, 11) is -3.96. The van der Waals surface area contributed by atoms with Gasteiger partial charge in [0.15, 0.2) is 0 Å². The number of aromatic nitrogens is 1. The van der Waals surface area contributed by atoms with Crippen LogP contribution in [0.25, 0.3) is 10.2 Å². The van der Waals surface area contributed by atoms with Crippen LogP contribution in [0.1, 0.15) is 0 Å². The third kappa shape index (κ3) is 12.4. The lowest BCUT2D eigenvalue weighted by Crippen LogP contribution is -2.39. The van der Waals surface area contributed by atoms with Gasteiger partial charge in [-0.1, -0.05) is 0 Å². The number of nitrogens with one attached hydrogen (secondary N) is 1. The Morgan fingerprint density at radius 3 is 1.87 bits per heavy atom. The largest absolute Gasteiger partial charge is 0.480 e. The number of carboxylic acid groups (broad SMARTS) is 3. The van der Waals surface area contributed by atoms with Crippen molar-refractivity contribution in [3.8, 4) is 0 Å². The van der Waals surface area contributed by atoms with Crippen molar-refractivity contribution < 1.29 is 52.4 Å². The quantitative estimate of drug-likeness (QED) is 0.120. The van der Waals surface area contributed by atoms with E-state index in [0.29, 0.717) is 15.9 Å². The Morgan fingerprint density at radius 1 is 0.872 bits per heavy atom. The van der Waals surface area contributed by atoms with Crippen molar-refractivity contribution in [3.05, 3.63) is 18.2 Å². The highest BCUT2D eigenvalue weighted by molar-refractivity contribution is 7.91. The number of fused-ring (bicyclic) bond motifs is 1. The van der Waals surface area contributed by atoms with Crippen LogP contribution >= 0.6 is 11.3 Å². The first kappa shape index (κ1) is 32.0. The number of aliphatic carboxylic acids is 3. The Labute approximate surface area is 227 Å². The van der Waals surface area contributed by atoms with E-state index in [4.69, 9.17) is 29.9 Å². The highest BCUT2D eigenvalue weighted by Gasteiger charge is 2.17. The van der Waals surface area contributed by atoms with E-state index >= 15 is 0 Å². The van der Waals surface area contributed by atoms with Gasteiger partial charge < -0.3 is 30.1 Å². The molecule has 0 bridgehead atoms. The number of hydrogen-bond donors (Lipinski definition) is 5. The summed E-state index contributed by atoms with van der Waals surface area (Å²) in [5, 5.41) is 34.5. The number of anilines is 1. The van der Waals surface area contributed by atoms with Crippen LogP contribution in [0, 0.1) is 0 Å². The van der Waals surface area contributed by atoms with Gasteiger partial charge in [0.1, 0.15) is 0 Å². The Kier molecular flexibility index (Phi) is 12.6. The molecule has 0 aliphatic heterocycles. The number of carboxylic acids is 3. The lowest BCUT2D eigenvalue weighted by atomic mass is 10.3.